The van der Waals surface area contributed by atoms with Crippen molar-refractivity contribution in [3.05, 3.63) is 0 Å². The van der Waals surface area contributed by atoms with Gasteiger partial charge in [0.15, 0.2) is 0 Å². The van der Waals surface area contributed by atoms with Gasteiger partial charge in [-0.1, -0.05) is 13.3 Å². The fourth-order valence-electron chi connectivity index (χ4n) is 0.969. The molecule has 0 radical (unpaired) electrons. The maximum Gasteiger partial charge on any atom is 0.248 e. The minimum Gasteiger partial charge on any atom is -0.372 e. The van der Waals surface area contributed by atoms with Gasteiger partial charge >= 0.3 is 0 Å². The Hall–Kier alpha value is -0.610. The molecule has 0 aliphatic heterocycles. The second-order valence-electron chi connectivity index (χ2n) is 3.36. The smallest absolute Gasteiger partial charge is 0.248 e. The largest absolute Gasteiger partial charge is 0.372 e. The van der Waals surface area contributed by atoms with Crippen molar-refractivity contribution in [1.82, 2.24) is 4.90 Å². The number of ether oxygens (including phenoxy) is 1. The quantitative estimate of drug-likeness (QED) is 0.587. The molecule has 0 atom stereocenters. The lowest BCUT2D eigenvalue weighted by Gasteiger charge is -2.16. The highest BCUT2D eigenvalue weighted by Gasteiger charge is 2.07. The summed E-state index contributed by atoms with van der Waals surface area (Å²) < 4.78 is 5.21. The lowest BCUT2D eigenvalue weighted by molar-refractivity contribution is -0.134. The third-order valence-electron chi connectivity index (χ3n) is 1.99. The molecule has 0 aromatic rings. The Bertz CT molecular complexity index is 151. The Morgan fingerprint density at radius 1 is 1.43 bits per heavy atom. The minimum absolute atomic E-state index is 0.0366. The van der Waals surface area contributed by atoms with E-state index in [1.54, 1.807) is 11.9 Å². The number of amides is 1. The first-order valence-corrected chi connectivity index (χ1v) is 5.24. The Morgan fingerprint density at radius 2 is 2.14 bits per heavy atom. The molecule has 4 heteroatoms. The Labute approximate surface area is 86.4 Å². The van der Waals surface area contributed by atoms with Crippen LogP contribution < -0.4 is 5.73 Å². The molecule has 0 saturated heterocycles. The monoisotopic (exact) mass is 202 g/mol. The highest BCUT2D eigenvalue weighted by Crippen LogP contribution is 1.91. The summed E-state index contributed by atoms with van der Waals surface area (Å²) in [6.07, 6.45) is 2.95. The predicted molar refractivity (Wildman–Crippen MR) is 57.0 cm³/mol. The van der Waals surface area contributed by atoms with Crippen molar-refractivity contribution in [2.75, 3.05) is 33.4 Å². The van der Waals surface area contributed by atoms with Crippen LogP contribution in [0.1, 0.15) is 26.2 Å². The number of likely N-dealkylation sites (N-methyl/N-ethyl adjacent to an activating group) is 1. The molecule has 0 heterocycles. The normalized spacial score (nSPS) is 10.2. The topological polar surface area (TPSA) is 55.6 Å². The van der Waals surface area contributed by atoms with Crippen LogP contribution in [0.25, 0.3) is 0 Å². The van der Waals surface area contributed by atoms with E-state index in [4.69, 9.17) is 10.5 Å². The average Bonchev–Trinajstić information content (AvgIpc) is 2.20. The van der Waals surface area contributed by atoms with E-state index in [0.717, 1.165) is 19.3 Å². The summed E-state index contributed by atoms with van der Waals surface area (Å²) >= 11 is 0. The van der Waals surface area contributed by atoms with Crippen LogP contribution in [-0.2, 0) is 9.53 Å². The highest BCUT2D eigenvalue weighted by molar-refractivity contribution is 5.77. The van der Waals surface area contributed by atoms with E-state index in [2.05, 4.69) is 6.92 Å². The van der Waals surface area contributed by atoms with E-state index < -0.39 is 0 Å². The number of nitrogens with two attached hydrogens (primary N) is 1. The number of hydrogen-bond donors (Lipinski definition) is 1. The predicted octanol–water partition coefficient (Wildman–Crippen LogP) is 0.610. The second-order valence-corrected chi connectivity index (χ2v) is 3.36. The summed E-state index contributed by atoms with van der Waals surface area (Å²) in [7, 11) is 1.78. The molecule has 0 spiro atoms. The molecule has 84 valence electrons. The summed E-state index contributed by atoms with van der Waals surface area (Å²) in [5.41, 5.74) is 5.35. The third-order valence-corrected chi connectivity index (χ3v) is 1.99. The van der Waals surface area contributed by atoms with Gasteiger partial charge in [-0.05, 0) is 19.4 Å². The zero-order valence-electron chi connectivity index (χ0n) is 9.29. The van der Waals surface area contributed by atoms with Crippen LogP contribution in [0, 0.1) is 0 Å². The maximum atomic E-state index is 11.4. The minimum atomic E-state index is 0.0366. The van der Waals surface area contributed by atoms with E-state index in [1.165, 1.54) is 0 Å². The molecule has 2 N–H and O–H groups in total. The molecule has 4 nitrogen and oxygen atoms in total. The number of carbonyl (C=O) groups excluding carboxylic acids is 1. The molecule has 0 aromatic carbocycles. The summed E-state index contributed by atoms with van der Waals surface area (Å²) in [5, 5.41) is 0. The maximum absolute atomic E-state index is 11.4. The molecule has 1 amide bonds. The van der Waals surface area contributed by atoms with E-state index >= 15 is 0 Å². The van der Waals surface area contributed by atoms with Crippen molar-refractivity contribution >= 4 is 5.91 Å². The number of rotatable bonds is 8. The first-order valence-electron chi connectivity index (χ1n) is 5.24. The SMILES string of the molecule is CCCCOCC(=O)N(C)CCCN. The Morgan fingerprint density at radius 3 is 2.71 bits per heavy atom. The van der Waals surface area contributed by atoms with Gasteiger partial charge in [0.05, 0.1) is 0 Å². The van der Waals surface area contributed by atoms with Gasteiger partial charge in [-0.25, -0.2) is 0 Å². The van der Waals surface area contributed by atoms with Gasteiger partial charge in [0.1, 0.15) is 6.61 Å². The molecule has 0 rings (SSSR count). The lowest BCUT2D eigenvalue weighted by Crippen LogP contribution is -2.32. The average molecular weight is 202 g/mol. The molecule has 0 aliphatic carbocycles. The van der Waals surface area contributed by atoms with Gasteiger partial charge < -0.3 is 15.4 Å². The van der Waals surface area contributed by atoms with E-state index in [9.17, 15) is 4.79 Å². The molecule has 0 aromatic heterocycles. The van der Waals surface area contributed by atoms with Crippen LogP contribution in [0.3, 0.4) is 0 Å². The number of nitrogens with zero attached hydrogens (tertiary/aromatic N) is 1. The van der Waals surface area contributed by atoms with Crippen molar-refractivity contribution in [2.24, 2.45) is 5.73 Å². The van der Waals surface area contributed by atoms with Gasteiger partial charge in [-0.15, -0.1) is 0 Å². The second kappa shape index (κ2) is 8.97. The van der Waals surface area contributed by atoms with Crippen LogP contribution >= 0.6 is 0 Å². The molecule has 0 saturated carbocycles. The number of unbranched alkanes of at least 4 members (excludes halogenated alkanes) is 1. The van der Waals surface area contributed by atoms with Gasteiger partial charge in [-0.2, -0.15) is 0 Å². The molecule has 0 unspecified atom stereocenters. The summed E-state index contributed by atoms with van der Waals surface area (Å²) in [6, 6.07) is 0. The molecule has 0 aliphatic rings. The fraction of sp³-hybridized carbons (Fsp3) is 0.900. The molecular weight excluding hydrogens is 180 g/mol. The van der Waals surface area contributed by atoms with Crippen LogP contribution in [-0.4, -0.2) is 44.2 Å². The zero-order chi connectivity index (χ0) is 10.8. The molecular formula is C10H22N2O2. The van der Waals surface area contributed by atoms with E-state index in [0.29, 0.717) is 19.7 Å². The molecule has 14 heavy (non-hydrogen) atoms. The number of carbonyl (C=O) groups is 1. The summed E-state index contributed by atoms with van der Waals surface area (Å²) in [4.78, 5) is 13.0. The van der Waals surface area contributed by atoms with Gasteiger partial charge in [-0.3, -0.25) is 4.79 Å². The zero-order valence-corrected chi connectivity index (χ0v) is 9.29. The molecule has 0 bridgehead atoms. The Kier molecular flexibility index (Phi) is 8.57. The van der Waals surface area contributed by atoms with Crippen LogP contribution in [0.2, 0.25) is 0 Å². The van der Waals surface area contributed by atoms with Crippen molar-refractivity contribution < 1.29 is 9.53 Å². The first-order chi connectivity index (χ1) is 6.72. The van der Waals surface area contributed by atoms with Gasteiger partial charge in [0.2, 0.25) is 5.91 Å². The first kappa shape index (κ1) is 13.4. The van der Waals surface area contributed by atoms with Crippen LogP contribution in [0.15, 0.2) is 0 Å². The number of hydrogen-bond acceptors (Lipinski definition) is 3. The van der Waals surface area contributed by atoms with E-state index in [1.807, 2.05) is 0 Å². The van der Waals surface area contributed by atoms with Crippen molar-refractivity contribution in [1.29, 1.82) is 0 Å². The van der Waals surface area contributed by atoms with Crippen molar-refractivity contribution in [3.8, 4) is 0 Å². The van der Waals surface area contributed by atoms with Crippen molar-refractivity contribution in [3.63, 3.8) is 0 Å². The summed E-state index contributed by atoms with van der Waals surface area (Å²) in [6.45, 7) is 4.30. The Balaban J connectivity index is 3.42. The van der Waals surface area contributed by atoms with Crippen LogP contribution in [0.5, 0.6) is 0 Å². The van der Waals surface area contributed by atoms with Gasteiger partial charge in [0, 0.05) is 20.2 Å². The van der Waals surface area contributed by atoms with Gasteiger partial charge in [0.25, 0.3) is 0 Å². The molecule has 0 fully saturated rings. The standard InChI is InChI=1S/C10H22N2O2/c1-3-4-8-14-9-10(13)12(2)7-5-6-11/h3-9,11H2,1-2H3. The summed E-state index contributed by atoms with van der Waals surface area (Å²) in [5.74, 6) is 0.0366. The third kappa shape index (κ3) is 6.86. The van der Waals surface area contributed by atoms with Crippen molar-refractivity contribution in [2.45, 2.75) is 26.2 Å². The fourth-order valence-corrected chi connectivity index (χ4v) is 0.969. The van der Waals surface area contributed by atoms with Crippen LogP contribution in [0.4, 0.5) is 0 Å². The van der Waals surface area contributed by atoms with E-state index in [-0.39, 0.29) is 12.5 Å². The lowest BCUT2D eigenvalue weighted by atomic mass is 10.3. The highest BCUT2D eigenvalue weighted by atomic mass is 16.5.